The normalized spacial score (nSPS) is 13.0. The van der Waals surface area contributed by atoms with Gasteiger partial charge < -0.3 is 14.0 Å². The first-order valence-corrected chi connectivity index (χ1v) is 14.6. The van der Waals surface area contributed by atoms with Crippen molar-refractivity contribution in [2.75, 3.05) is 6.79 Å². The maximum atomic E-state index is 5.72. The van der Waals surface area contributed by atoms with E-state index in [1.807, 2.05) is 6.07 Å². The summed E-state index contributed by atoms with van der Waals surface area (Å²) < 4.78 is 13.8. The number of nitrogens with zero attached hydrogens (tertiary/aromatic N) is 3. The van der Waals surface area contributed by atoms with Crippen molar-refractivity contribution in [1.29, 1.82) is 0 Å². The Kier molecular flexibility index (Phi) is 8.15. The standard InChI is InChI=1S/C36H37N3O2/c1-3-4-22-39-35(34(30-16-10-6-11-17-30)37-36(39)31-18-12-7-13-19-31)27(2)38(24-28-14-8-5-9-15-28)25-29-20-21-32-33(23-29)41-26-40-32/h5-21,23,27H,3-4,22,24-26H2,1-2H3. The van der Waals surface area contributed by atoms with Gasteiger partial charge in [0.25, 0.3) is 0 Å². The summed E-state index contributed by atoms with van der Waals surface area (Å²) in [6.45, 7) is 7.36. The van der Waals surface area contributed by atoms with E-state index in [9.17, 15) is 0 Å². The highest BCUT2D eigenvalue weighted by Gasteiger charge is 2.28. The third-order valence-electron chi connectivity index (χ3n) is 7.82. The summed E-state index contributed by atoms with van der Waals surface area (Å²) in [6, 6.07) is 38.3. The van der Waals surface area contributed by atoms with E-state index in [0.29, 0.717) is 0 Å². The van der Waals surface area contributed by atoms with Gasteiger partial charge in [0.15, 0.2) is 11.5 Å². The molecule has 0 bridgehead atoms. The van der Waals surface area contributed by atoms with Gasteiger partial charge in [-0.3, -0.25) is 4.90 Å². The van der Waals surface area contributed by atoms with Crippen LogP contribution < -0.4 is 9.47 Å². The second-order valence-corrected chi connectivity index (χ2v) is 10.7. The van der Waals surface area contributed by atoms with Crippen LogP contribution in [0.1, 0.15) is 49.6 Å². The van der Waals surface area contributed by atoms with Crippen LogP contribution >= 0.6 is 0 Å². The molecule has 5 aromatic rings. The number of fused-ring (bicyclic) bond motifs is 1. The number of hydrogen-bond donors (Lipinski definition) is 0. The van der Waals surface area contributed by atoms with Gasteiger partial charge >= 0.3 is 0 Å². The van der Waals surface area contributed by atoms with E-state index < -0.39 is 0 Å². The molecule has 41 heavy (non-hydrogen) atoms. The summed E-state index contributed by atoms with van der Waals surface area (Å²) in [5.74, 6) is 2.66. The van der Waals surface area contributed by atoms with E-state index in [2.05, 4.69) is 126 Å². The van der Waals surface area contributed by atoms with Crippen LogP contribution in [0.15, 0.2) is 109 Å². The van der Waals surface area contributed by atoms with Gasteiger partial charge in [-0.1, -0.05) is 110 Å². The lowest BCUT2D eigenvalue weighted by atomic mass is 10.0. The Balaban J connectivity index is 1.48. The van der Waals surface area contributed by atoms with Crippen molar-refractivity contribution in [1.82, 2.24) is 14.5 Å². The molecule has 5 heteroatoms. The molecule has 0 aliphatic carbocycles. The van der Waals surface area contributed by atoms with Crippen LogP contribution in [0.4, 0.5) is 0 Å². The second-order valence-electron chi connectivity index (χ2n) is 10.7. The van der Waals surface area contributed by atoms with Gasteiger partial charge in [0.1, 0.15) is 5.82 Å². The molecule has 1 aromatic heterocycles. The molecule has 0 N–H and O–H groups in total. The molecule has 5 nitrogen and oxygen atoms in total. The van der Waals surface area contributed by atoms with E-state index >= 15 is 0 Å². The van der Waals surface area contributed by atoms with Crippen molar-refractivity contribution >= 4 is 0 Å². The van der Waals surface area contributed by atoms with Crippen molar-refractivity contribution in [3.05, 3.63) is 126 Å². The molecule has 1 unspecified atom stereocenters. The molecular weight excluding hydrogens is 506 g/mol. The minimum atomic E-state index is 0.0812. The number of imidazole rings is 1. The first-order chi connectivity index (χ1) is 20.2. The maximum Gasteiger partial charge on any atom is 0.231 e. The first-order valence-electron chi connectivity index (χ1n) is 14.6. The molecule has 0 radical (unpaired) electrons. The molecule has 1 aliphatic rings. The van der Waals surface area contributed by atoms with Gasteiger partial charge in [-0.05, 0) is 36.6 Å². The summed E-state index contributed by atoms with van der Waals surface area (Å²) in [5.41, 5.74) is 7.07. The molecule has 0 spiro atoms. The summed E-state index contributed by atoms with van der Waals surface area (Å²) in [6.07, 6.45) is 2.21. The zero-order valence-corrected chi connectivity index (χ0v) is 23.9. The maximum absolute atomic E-state index is 5.72. The fourth-order valence-electron chi connectivity index (χ4n) is 5.64. The molecule has 0 fully saturated rings. The van der Waals surface area contributed by atoms with Crippen molar-refractivity contribution in [3.8, 4) is 34.1 Å². The molecule has 6 rings (SSSR count). The zero-order chi connectivity index (χ0) is 28.0. The van der Waals surface area contributed by atoms with Crippen LogP contribution in [-0.2, 0) is 19.6 Å². The van der Waals surface area contributed by atoms with Gasteiger partial charge in [-0.15, -0.1) is 0 Å². The topological polar surface area (TPSA) is 39.5 Å². The highest BCUT2D eigenvalue weighted by molar-refractivity contribution is 5.69. The van der Waals surface area contributed by atoms with Gasteiger partial charge in [-0.25, -0.2) is 4.98 Å². The first kappa shape index (κ1) is 26.9. The minimum absolute atomic E-state index is 0.0812. The van der Waals surface area contributed by atoms with E-state index in [-0.39, 0.29) is 12.8 Å². The molecule has 0 amide bonds. The molecule has 0 saturated heterocycles. The number of benzene rings is 4. The number of hydrogen-bond acceptors (Lipinski definition) is 4. The van der Waals surface area contributed by atoms with Gasteiger partial charge in [0.2, 0.25) is 6.79 Å². The highest BCUT2D eigenvalue weighted by atomic mass is 16.7. The van der Waals surface area contributed by atoms with E-state index in [1.54, 1.807) is 0 Å². The molecule has 2 heterocycles. The largest absolute Gasteiger partial charge is 0.454 e. The van der Waals surface area contributed by atoms with Crippen molar-refractivity contribution in [3.63, 3.8) is 0 Å². The molecular formula is C36H37N3O2. The van der Waals surface area contributed by atoms with E-state index in [0.717, 1.165) is 66.6 Å². The highest BCUT2D eigenvalue weighted by Crippen LogP contribution is 2.38. The molecule has 4 aromatic carbocycles. The molecule has 1 atom stereocenters. The quantitative estimate of drug-likeness (QED) is 0.167. The summed E-state index contributed by atoms with van der Waals surface area (Å²) in [5, 5.41) is 0. The summed E-state index contributed by atoms with van der Waals surface area (Å²) in [4.78, 5) is 7.92. The number of unbranched alkanes of at least 4 members (excludes halogenated alkanes) is 1. The van der Waals surface area contributed by atoms with Gasteiger partial charge in [-0.2, -0.15) is 0 Å². The van der Waals surface area contributed by atoms with Crippen LogP contribution in [-0.4, -0.2) is 21.2 Å². The van der Waals surface area contributed by atoms with Gasteiger partial charge in [0.05, 0.1) is 17.4 Å². The zero-order valence-electron chi connectivity index (χ0n) is 23.9. The van der Waals surface area contributed by atoms with Crippen LogP contribution in [0.2, 0.25) is 0 Å². The number of ether oxygens (including phenoxy) is 2. The smallest absolute Gasteiger partial charge is 0.231 e. The average Bonchev–Trinajstić information content (AvgIpc) is 3.65. The third kappa shape index (κ3) is 5.91. The van der Waals surface area contributed by atoms with Crippen molar-refractivity contribution in [2.24, 2.45) is 0 Å². The van der Waals surface area contributed by atoms with Crippen LogP contribution in [0.5, 0.6) is 11.5 Å². The predicted octanol–water partition coefficient (Wildman–Crippen LogP) is 8.51. The fraction of sp³-hybridized carbons (Fsp3) is 0.250. The predicted molar refractivity (Wildman–Crippen MR) is 165 cm³/mol. The van der Waals surface area contributed by atoms with E-state index in [1.165, 1.54) is 16.8 Å². The second kappa shape index (κ2) is 12.4. The lowest BCUT2D eigenvalue weighted by molar-refractivity contribution is 0.173. The summed E-state index contributed by atoms with van der Waals surface area (Å²) >= 11 is 0. The molecule has 0 saturated carbocycles. The Morgan fingerprint density at radius 3 is 2.10 bits per heavy atom. The monoisotopic (exact) mass is 543 g/mol. The average molecular weight is 544 g/mol. The van der Waals surface area contributed by atoms with Crippen LogP contribution in [0.25, 0.3) is 22.6 Å². The van der Waals surface area contributed by atoms with Crippen molar-refractivity contribution < 1.29 is 9.47 Å². The van der Waals surface area contributed by atoms with Gasteiger partial charge in [0, 0.05) is 30.8 Å². The SMILES string of the molecule is CCCCn1c(-c2ccccc2)nc(-c2ccccc2)c1C(C)N(Cc1ccccc1)Cc1ccc2c(c1)OCO2. The summed E-state index contributed by atoms with van der Waals surface area (Å²) in [7, 11) is 0. The Labute approximate surface area is 243 Å². The Bertz CT molecular complexity index is 1570. The van der Waals surface area contributed by atoms with Crippen LogP contribution in [0.3, 0.4) is 0 Å². The Morgan fingerprint density at radius 2 is 1.39 bits per heavy atom. The Hall–Kier alpha value is -4.35. The van der Waals surface area contributed by atoms with E-state index in [4.69, 9.17) is 14.5 Å². The minimum Gasteiger partial charge on any atom is -0.454 e. The lowest BCUT2D eigenvalue weighted by Crippen LogP contribution is -2.28. The lowest BCUT2D eigenvalue weighted by Gasteiger charge is -2.31. The fourth-order valence-corrected chi connectivity index (χ4v) is 5.64. The Morgan fingerprint density at radius 1 is 0.756 bits per heavy atom. The third-order valence-corrected chi connectivity index (χ3v) is 7.82. The van der Waals surface area contributed by atoms with Crippen LogP contribution in [0, 0.1) is 0 Å². The number of aromatic nitrogens is 2. The molecule has 208 valence electrons. The number of rotatable bonds is 11. The van der Waals surface area contributed by atoms with Crippen molar-refractivity contribution in [2.45, 2.75) is 52.4 Å². The molecule has 1 aliphatic heterocycles.